The lowest BCUT2D eigenvalue weighted by molar-refractivity contribution is -0.192. The Kier molecular flexibility index (Phi) is 7.29. The number of aliphatic carboxylic acids is 1. The summed E-state index contributed by atoms with van der Waals surface area (Å²) in [5, 5.41) is 7.12. The number of pyridine rings is 2. The molecule has 2 aromatic rings. The monoisotopic (exact) mass is 464 g/mol. The lowest BCUT2D eigenvalue weighted by Crippen LogP contribution is -2.53. The SMILES string of the molecule is O=C(O)C(F)(F)F.O=C(c1ccccn1)N1CCC2(CCC(=O)N2Cc2cccnc2)CC1. The molecule has 2 aromatic heterocycles. The van der Waals surface area contributed by atoms with E-state index < -0.39 is 12.1 Å². The predicted molar refractivity (Wildman–Crippen MR) is 110 cm³/mol. The van der Waals surface area contributed by atoms with Crippen molar-refractivity contribution in [1.29, 1.82) is 0 Å². The summed E-state index contributed by atoms with van der Waals surface area (Å²) in [4.78, 5) is 46.2. The number of carbonyl (C=O) groups is 3. The van der Waals surface area contributed by atoms with E-state index in [1.54, 1.807) is 18.5 Å². The molecule has 2 aliphatic rings. The molecule has 2 fully saturated rings. The van der Waals surface area contributed by atoms with Gasteiger partial charge in [0.05, 0.1) is 0 Å². The minimum atomic E-state index is -5.08. The van der Waals surface area contributed by atoms with Crippen LogP contribution in [0.1, 0.15) is 41.7 Å². The summed E-state index contributed by atoms with van der Waals surface area (Å²) in [5.74, 6) is -2.57. The third-order valence-corrected chi connectivity index (χ3v) is 5.85. The van der Waals surface area contributed by atoms with Crippen molar-refractivity contribution in [2.24, 2.45) is 0 Å². The number of alkyl halides is 3. The summed E-state index contributed by atoms with van der Waals surface area (Å²) >= 11 is 0. The molecule has 2 amide bonds. The molecule has 1 spiro atoms. The van der Waals surface area contributed by atoms with Crippen molar-refractivity contribution in [3.8, 4) is 0 Å². The van der Waals surface area contributed by atoms with Gasteiger partial charge < -0.3 is 14.9 Å². The first kappa shape index (κ1) is 24.1. The topological polar surface area (TPSA) is 104 Å². The zero-order chi connectivity index (χ0) is 24.1. The van der Waals surface area contributed by atoms with Crippen LogP contribution >= 0.6 is 0 Å². The van der Waals surface area contributed by atoms with E-state index in [1.807, 2.05) is 40.3 Å². The van der Waals surface area contributed by atoms with Gasteiger partial charge in [0.1, 0.15) is 5.69 Å². The second-order valence-electron chi connectivity index (χ2n) is 7.88. The van der Waals surface area contributed by atoms with Crippen molar-refractivity contribution >= 4 is 17.8 Å². The highest BCUT2D eigenvalue weighted by Crippen LogP contribution is 2.40. The fraction of sp³-hybridized carbons (Fsp3) is 0.409. The number of likely N-dealkylation sites (tertiary alicyclic amines) is 2. The number of nitrogens with zero attached hydrogens (tertiary/aromatic N) is 4. The molecule has 2 aliphatic heterocycles. The van der Waals surface area contributed by atoms with Crippen LogP contribution in [-0.4, -0.2) is 67.5 Å². The molecular formula is C22H23F3N4O4. The second-order valence-corrected chi connectivity index (χ2v) is 7.88. The highest BCUT2D eigenvalue weighted by atomic mass is 19.4. The fourth-order valence-electron chi connectivity index (χ4n) is 4.10. The number of halogens is 3. The third-order valence-electron chi connectivity index (χ3n) is 5.85. The number of carboxylic acids is 1. The highest BCUT2D eigenvalue weighted by Gasteiger charge is 2.47. The number of hydrogen-bond donors (Lipinski definition) is 1. The van der Waals surface area contributed by atoms with Crippen molar-refractivity contribution in [3.05, 3.63) is 60.2 Å². The van der Waals surface area contributed by atoms with Gasteiger partial charge in [-0.25, -0.2) is 4.79 Å². The van der Waals surface area contributed by atoms with Gasteiger partial charge >= 0.3 is 12.1 Å². The van der Waals surface area contributed by atoms with Crippen LogP contribution in [0.3, 0.4) is 0 Å². The van der Waals surface area contributed by atoms with E-state index in [1.165, 1.54) is 0 Å². The maximum Gasteiger partial charge on any atom is 0.490 e. The maximum atomic E-state index is 12.6. The van der Waals surface area contributed by atoms with Crippen molar-refractivity contribution in [1.82, 2.24) is 19.8 Å². The molecule has 4 heterocycles. The van der Waals surface area contributed by atoms with Crippen LogP contribution in [0.15, 0.2) is 48.9 Å². The van der Waals surface area contributed by atoms with Crippen LogP contribution in [0, 0.1) is 0 Å². The molecule has 0 bridgehead atoms. The van der Waals surface area contributed by atoms with E-state index in [-0.39, 0.29) is 17.4 Å². The van der Waals surface area contributed by atoms with Gasteiger partial charge in [-0.1, -0.05) is 12.1 Å². The Labute approximate surface area is 188 Å². The Morgan fingerprint density at radius 3 is 2.30 bits per heavy atom. The second kappa shape index (κ2) is 9.97. The molecule has 11 heteroatoms. The van der Waals surface area contributed by atoms with Crippen molar-refractivity contribution in [3.63, 3.8) is 0 Å². The van der Waals surface area contributed by atoms with Gasteiger partial charge in [-0.3, -0.25) is 19.6 Å². The maximum absolute atomic E-state index is 12.6. The summed E-state index contributed by atoms with van der Waals surface area (Å²) in [6.45, 7) is 1.92. The first-order valence-electron chi connectivity index (χ1n) is 10.3. The smallest absolute Gasteiger partial charge is 0.475 e. The quantitative estimate of drug-likeness (QED) is 0.749. The summed E-state index contributed by atoms with van der Waals surface area (Å²) < 4.78 is 31.7. The Morgan fingerprint density at radius 2 is 1.76 bits per heavy atom. The minimum absolute atomic E-state index is 0.0245. The average Bonchev–Trinajstić information content (AvgIpc) is 3.10. The molecular weight excluding hydrogens is 441 g/mol. The van der Waals surface area contributed by atoms with E-state index in [0.29, 0.717) is 31.7 Å². The molecule has 0 aliphatic carbocycles. The van der Waals surface area contributed by atoms with Crippen LogP contribution in [0.5, 0.6) is 0 Å². The van der Waals surface area contributed by atoms with Gasteiger partial charge in [0, 0.05) is 50.2 Å². The van der Waals surface area contributed by atoms with Gasteiger partial charge in [0.25, 0.3) is 5.91 Å². The van der Waals surface area contributed by atoms with E-state index >= 15 is 0 Å². The van der Waals surface area contributed by atoms with E-state index in [2.05, 4.69) is 9.97 Å². The minimum Gasteiger partial charge on any atom is -0.475 e. The van der Waals surface area contributed by atoms with Gasteiger partial charge in [-0.15, -0.1) is 0 Å². The van der Waals surface area contributed by atoms with Crippen LogP contribution in [0.25, 0.3) is 0 Å². The summed E-state index contributed by atoms with van der Waals surface area (Å²) in [7, 11) is 0. The van der Waals surface area contributed by atoms with E-state index in [4.69, 9.17) is 9.90 Å². The third kappa shape index (κ3) is 5.85. The fourth-order valence-corrected chi connectivity index (χ4v) is 4.10. The van der Waals surface area contributed by atoms with E-state index in [9.17, 15) is 22.8 Å². The first-order valence-corrected chi connectivity index (χ1v) is 10.3. The molecule has 0 radical (unpaired) electrons. The molecule has 33 heavy (non-hydrogen) atoms. The molecule has 0 unspecified atom stereocenters. The van der Waals surface area contributed by atoms with Crippen LogP contribution in [0.4, 0.5) is 13.2 Å². The number of rotatable bonds is 3. The molecule has 4 rings (SSSR count). The number of carboxylic acid groups (broad SMARTS) is 1. The number of carbonyl (C=O) groups excluding carboxylic acids is 2. The number of aromatic nitrogens is 2. The Bertz CT molecular complexity index is 978. The number of hydrogen-bond acceptors (Lipinski definition) is 5. The molecule has 0 aromatic carbocycles. The van der Waals surface area contributed by atoms with Gasteiger partial charge in [0.2, 0.25) is 5.91 Å². The summed E-state index contributed by atoms with van der Waals surface area (Å²) in [6.07, 6.45) is 3.22. The first-order chi connectivity index (χ1) is 15.6. The Morgan fingerprint density at radius 1 is 1.06 bits per heavy atom. The molecule has 2 saturated heterocycles. The van der Waals surface area contributed by atoms with Gasteiger partial charge in [0.15, 0.2) is 0 Å². The highest BCUT2D eigenvalue weighted by molar-refractivity contribution is 5.92. The van der Waals surface area contributed by atoms with E-state index in [0.717, 1.165) is 24.8 Å². The molecule has 176 valence electrons. The average molecular weight is 464 g/mol. The van der Waals surface area contributed by atoms with Gasteiger partial charge in [-0.2, -0.15) is 13.2 Å². The molecule has 8 nitrogen and oxygen atoms in total. The molecule has 1 N–H and O–H groups in total. The normalized spacial score (nSPS) is 17.5. The summed E-state index contributed by atoms with van der Waals surface area (Å²) in [5.41, 5.74) is 1.40. The molecule has 0 atom stereocenters. The largest absolute Gasteiger partial charge is 0.490 e. The van der Waals surface area contributed by atoms with Crippen molar-refractivity contribution < 1.29 is 32.7 Å². The van der Waals surface area contributed by atoms with Crippen LogP contribution in [-0.2, 0) is 16.1 Å². The lowest BCUT2D eigenvalue weighted by atomic mass is 9.84. The van der Waals surface area contributed by atoms with Crippen LogP contribution < -0.4 is 0 Å². The number of piperidine rings is 1. The van der Waals surface area contributed by atoms with Crippen molar-refractivity contribution in [2.45, 2.75) is 43.9 Å². The zero-order valence-electron chi connectivity index (χ0n) is 17.7. The predicted octanol–water partition coefficient (Wildman–Crippen LogP) is 2.91. The standard InChI is InChI=1S/C20H22N4O2.C2HF3O2/c25-18-6-7-20(24(18)15-16-4-3-10-21-14-16)8-12-23(13-9-20)19(26)17-5-1-2-11-22-17;3-2(4,5)1(6)7/h1-5,10-11,14H,6-9,12-13,15H2;(H,6,7). The molecule has 0 saturated carbocycles. The Balaban J connectivity index is 0.000000383. The number of amides is 2. The Hall–Kier alpha value is -3.50. The van der Waals surface area contributed by atoms with Crippen LogP contribution in [0.2, 0.25) is 0 Å². The lowest BCUT2D eigenvalue weighted by Gasteiger charge is -2.45. The van der Waals surface area contributed by atoms with Crippen molar-refractivity contribution in [2.75, 3.05) is 13.1 Å². The summed E-state index contributed by atoms with van der Waals surface area (Å²) in [6, 6.07) is 9.29. The van der Waals surface area contributed by atoms with Gasteiger partial charge in [-0.05, 0) is 43.0 Å². The zero-order valence-corrected chi connectivity index (χ0v) is 17.7.